The molecule has 57 heavy (non-hydrogen) atoms. The zero-order valence-corrected chi connectivity index (χ0v) is 38.8. The summed E-state index contributed by atoms with van der Waals surface area (Å²) in [5.41, 5.74) is 19.3. The smallest absolute Gasteiger partial charge is 0.163 e. The van der Waals surface area contributed by atoms with Crippen LogP contribution < -0.4 is 9.47 Å². The van der Waals surface area contributed by atoms with E-state index < -0.39 is 0 Å². The summed E-state index contributed by atoms with van der Waals surface area (Å²) in [6, 6.07) is 1.87. The van der Waals surface area contributed by atoms with E-state index in [0.717, 1.165) is 95.0 Å². The third kappa shape index (κ3) is 11.8. The fourth-order valence-corrected chi connectivity index (χ4v) is 7.75. The molecular formula is C50H76O7. The van der Waals surface area contributed by atoms with Crippen molar-refractivity contribution in [3.05, 3.63) is 101 Å². The second-order valence-corrected chi connectivity index (χ2v) is 15.4. The largest absolute Gasteiger partial charge is 0.508 e. The molecule has 4 rings (SSSR count). The van der Waals surface area contributed by atoms with Crippen molar-refractivity contribution in [1.29, 1.82) is 0 Å². The average Bonchev–Trinajstić information content (AvgIpc) is 3.18. The standard InChI is InChI=1S/2C13H20O2.C12H18O2.C12H18O/c1-8-10(3)13(15)11(4)9(2)12(8)6-5-7-14;1-6-7-11-8(2)9(3)12(14)13(15-5)10(11)4;1-6-10-7(2)8(3)11(13)12(14-5)9(10)4;1-5-6-11-8(2)7-12(13)10(4)9(11)3/h14-15H,5-7H2,1-4H3;14H,6-7H2,1-5H3;13H,6H2,1-5H3;7,13H,5-6H2,1-4H3. The first-order valence-corrected chi connectivity index (χ1v) is 20.5. The summed E-state index contributed by atoms with van der Waals surface area (Å²) in [4.78, 5) is 0. The summed E-state index contributed by atoms with van der Waals surface area (Å²) in [5, 5.41) is 48.1. The number of benzene rings is 4. The van der Waals surface area contributed by atoms with Crippen molar-refractivity contribution >= 4 is 0 Å². The molecule has 0 aliphatic carbocycles. The molecule has 0 fully saturated rings. The van der Waals surface area contributed by atoms with E-state index in [1.165, 1.54) is 44.5 Å². The highest BCUT2D eigenvalue weighted by Gasteiger charge is 2.18. The van der Waals surface area contributed by atoms with Crippen molar-refractivity contribution in [3.63, 3.8) is 0 Å². The van der Waals surface area contributed by atoms with Gasteiger partial charge in [0.25, 0.3) is 0 Å². The van der Waals surface area contributed by atoms with Crippen molar-refractivity contribution in [2.75, 3.05) is 20.8 Å². The second kappa shape index (κ2) is 23.1. The normalized spacial score (nSPS) is 10.5. The Morgan fingerprint density at radius 1 is 0.421 bits per heavy atom. The molecule has 0 heterocycles. The van der Waals surface area contributed by atoms with E-state index in [1.54, 1.807) is 14.2 Å². The first-order valence-electron chi connectivity index (χ1n) is 20.5. The van der Waals surface area contributed by atoms with E-state index >= 15 is 0 Å². The number of hydrogen-bond acceptors (Lipinski definition) is 7. The highest BCUT2D eigenvalue weighted by atomic mass is 16.5. The number of aromatic hydroxyl groups is 4. The zero-order chi connectivity index (χ0) is 44.1. The lowest BCUT2D eigenvalue weighted by molar-refractivity contribution is 0.288. The van der Waals surface area contributed by atoms with Crippen molar-refractivity contribution in [2.45, 2.75) is 156 Å². The third-order valence-electron chi connectivity index (χ3n) is 12.1. The highest BCUT2D eigenvalue weighted by molar-refractivity contribution is 5.59. The molecule has 0 saturated carbocycles. The molecule has 0 aliphatic rings. The van der Waals surface area contributed by atoms with Crippen LogP contribution in [-0.4, -0.2) is 46.4 Å². The van der Waals surface area contributed by atoms with Gasteiger partial charge in [0, 0.05) is 6.61 Å². The number of phenolic OH excluding ortho intramolecular Hbond substituents is 4. The predicted octanol–water partition coefficient (Wildman–Crippen LogP) is 12.0. The van der Waals surface area contributed by atoms with E-state index in [2.05, 4.69) is 41.5 Å². The highest BCUT2D eigenvalue weighted by Crippen LogP contribution is 2.40. The van der Waals surface area contributed by atoms with Gasteiger partial charge in [-0.3, -0.25) is 0 Å². The number of methoxy groups -OCH3 is 2. The number of hydrogen-bond donors (Lipinski definition) is 5. The van der Waals surface area contributed by atoms with Gasteiger partial charge < -0.3 is 35.0 Å². The van der Waals surface area contributed by atoms with Crippen LogP contribution in [0.15, 0.2) is 6.07 Å². The molecule has 4 aromatic carbocycles. The lowest BCUT2D eigenvalue weighted by atomic mass is 9.90. The maximum atomic E-state index is 9.93. The summed E-state index contributed by atoms with van der Waals surface area (Å²) in [5.74, 6) is 2.64. The van der Waals surface area contributed by atoms with Gasteiger partial charge in [-0.1, -0.05) is 33.6 Å². The van der Waals surface area contributed by atoms with Crippen LogP contribution in [0.4, 0.5) is 0 Å². The molecule has 0 atom stereocenters. The van der Waals surface area contributed by atoms with Gasteiger partial charge in [-0.25, -0.2) is 0 Å². The van der Waals surface area contributed by atoms with Crippen molar-refractivity contribution in [3.8, 4) is 34.5 Å². The molecule has 5 N–H and O–H groups in total. The van der Waals surface area contributed by atoms with E-state index in [1.807, 2.05) is 75.3 Å². The van der Waals surface area contributed by atoms with Crippen molar-refractivity contribution < 1.29 is 35.0 Å². The van der Waals surface area contributed by atoms with Crippen molar-refractivity contribution in [2.24, 2.45) is 0 Å². The van der Waals surface area contributed by atoms with Gasteiger partial charge >= 0.3 is 0 Å². The molecule has 4 aromatic rings. The Morgan fingerprint density at radius 3 is 1.16 bits per heavy atom. The molecule has 0 aromatic heterocycles. The number of rotatable bonds is 10. The molecule has 0 aliphatic heterocycles. The monoisotopic (exact) mass is 789 g/mol. The Morgan fingerprint density at radius 2 is 0.772 bits per heavy atom. The van der Waals surface area contributed by atoms with Crippen LogP contribution in [0.2, 0.25) is 0 Å². The average molecular weight is 789 g/mol. The van der Waals surface area contributed by atoms with Crippen LogP contribution in [0.5, 0.6) is 34.5 Å². The summed E-state index contributed by atoms with van der Waals surface area (Å²) < 4.78 is 10.5. The minimum atomic E-state index is 0.220. The molecule has 0 saturated heterocycles. The minimum absolute atomic E-state index is 0.220. The van der Waals surface area contributed by atoms with Crippen LogP contribution in [0.1, 0.15) is 135 Å². The maximum Gasteiger partial charge on any atom is 0.163 e. The quantitative estimate of drug-likeness (QED) is 0.109. The minimum Gasteiger partial charge on any atom is -0.508 e. The predicted molar refractivity (Wildman–Crippen MR) is 240 cm³/mol. The fraction of sp³-hybridized carbons (Fsp3) is 0.520. The Balaban J connectivity index is 0.000000381. The molecule has 0 bridgehead atoms. The van der Waals surface area contributed by atoms with Gasteiger partial charge in [-0.2, -0.15) is 0 Å². The number of aliphatic hydroxyl groups is 1. The maximum absolute atomic E-state index is 9.93. The van der Waals surface area contributed by atoms with Gasteiger partial charge in [0.2, 0.25) is 0 Å². The van der Waals surface area contributed by atoms with E-state index in [4.69, 9.17) is 14.6 Å². The van der Waals surface area contributed by atoms with E-state index in [-0.39, 0.29) is 18.1 Å². The fourth-order valence-electron chi connectivity index (χ4n) is 7.75. The van der Waals surface area contributed by atoms with Crippen LogP contribution in [0, 0.1) is 90.0 Å². The molecule has 0 spiro atoms. The number of phenols is 4. The molecule has 0 unspecified atom stereocenters. The molecule has 0 amide bonds. The molecule has 7 heteroatoms. The van der Waals surface area contributed by atoms with Gasteiger partial charge in [0.05, 0.1) is 14.2 Å². The molecule has 318 valence electrons. The van der Waals surface area contributed by atoms with Crippen molar-refractivity contribution in [1.82, 2.24) is 0 Å². The number of aliphatic hydroxyl groups excluding tert-OH is 1. The Bertz CT molecular complexity index is 1910. The zero-order valence-electron chi connectivity index (χ0n) is 38.8. The third-order valence-corrected chi connectivity index (χ3v) is 12.1. The molecule has 0 radical (unpaired) electrons. The molecular weight excluding hydrogens is 713 g/mol. The second-order valence-electron chi connectivity index (χ2n) is 15.4. The first kappa shape index (κ1) is 50.7. The lowest BCUT2D eigenvalue weighted by Crippen LogP contribution is -2.01. The first-order chi connectivity index (χ1) is 26.7. The SMILES string of the molecule is CCCc1c(C)c(C)c(O)c(OC)c1C.CCCc1c(C)cc(O)c(C)c1C.CCc1c(C)c(C)c(O)c(OC)c1C.Cc1c(C)c(CCCO)c(C)c(C)c1O. The Kier molecular flexibility index (Phi) is 20.6. The van der Waals surface area contributed by atoms with Crippen LogP contribution >= 0.6 is 0 Å². The van der Waals surface area contributed by atoms with Gasteiger partial charge in [0.15, 0.2) is 23.0 Å². The van der Waals surface area contributed by atoms with Crippen LogP contribution in [-0.2, 0) is 25.7 Å². The molecule has 7 nitrogen and oxygen atoms in total. The van der Waals surface area contributed by atoms with Crippen LogP contribution in [0.25, 0.3) is 0 Å². The Labute approximate surface area is 345 Å². The van der Waals surface area contributed by atoms with Gasteiger partial charge in [0.1, 0.15) is 11.5 Å². The van der Waals surface area contributed by atoms with E-state index in [0.29, 0.717) is 23.0 Å². The topological polar surface area (TPSA) is 120 Å². The van der Waals surface area contributed by atoms with Crippen LogP contribution in [0.3, 0.4) is 0 Å². The van der Waals surface area contributed by atoms with Gasteiger partial charge in [-0.15, -0.1) is 0 Å². The summed E-state index contributed by atoms with van der Waals surface area (Å²) in [6.07, 6.45) is 7.05. The lowest BCUT2D eigenvalue weighted by Gasteiger charge is -2.17. The number of ether oxygens (including phenoxy) is 2. The summed E-state index contributed by atoms with van der Waals surface area (Å²) in [6.45, 7) is 32.7. The van der Waals surface area contributed by atoms with Gasteiger partial charge in [-0.05, 0) is 223 Å². The Hall–Kier alpha value is -4.36. The summed E-state index contributed by atoms with van der Waals surface area (Å²) in [7, 11) is 3.20. The van der Waals surface area contributed by atoms with E-state index in [9.17, 15) is 20.4 Å². The number of aryl methyl sites for hydroxylation is 1. The summed E-state index contributed by atoms with van der Waals surface area (Å²) >= 11 is 0.